The van der Waals surface area contributed by atoms with Gasteiger partial charge in [0.25, 0.3) is 0 Å². The molecule has 1 aromatic rings. The van der Waals surface area contributed by atoms with Gasteiger partial charge in [-0.15, -0.1) is 0 Å². The maximum absolute atomic E-state index is 4.27. The number of hydrogen-bond donors (Lipinski definition) is 1. The van der Waals surface area contributed by atoms with Gasteiger partial charge in [-0.3, -0.25) is 4.99 Å². The van der Waals surface area contributed by atoms with Gasteiger partial charge < -0.3 is 5.32 Å². The number of anilines is 1. The number of aliphatic imine (C=N–C) groups is 1. The molecule has 0 atom stereocenters. The highest BCUT2D eigenvalue weighted by Crippen LogP contribution is 2.19. The van der Waals surface area contributed by atoms with E-state index in [-0.39, 0.29) is 0 Å². The smallest absolute Gasteiger partial charge is 0.132 e. The summed E-state index contributed by atoms with van der Waals surface area (Å²) < 4.78 is 0. The first-order valence-corrected chi connectivity index (χ1v) is 4.82. The van der Waals surface area contributed by atoms with Gasteiger partial charge in [-0.1, -0.05) is 6.08 Å². The monoisotopic (exact) mass is 204 g/mol. The standard InChI is InChI=1S/C11H16N4/c1-5-9(6-12-3)10-8(2)11(13-4)15-7-14-10/h5-7H,1-4H3,(H,13,14,15). The molecular formula is C11H16N4. The van der Waals surface area contributed by atoms with E-state index in [2.05, 4.69) is 20.3 Å². The van der Waals surface area contributed by atoms with Gasteiger partial charge in [-0.2, -0.15) is 0 Å². The predicted molar refractivity (Wildman–Crippen MR) is 64.4 cm³/mol. The van der Waals surface area contributed by atoms with Gasteiger partial charge >= 0.3 is 0 Å². The number of allylic oxidation sites excluding steroid dienone is 2. The van der Waals surface area contributed by atoms with E-state index in [9.17, 15) is 0 Å². The Kier molecular flexibility index (Phi) is 3.97. The Balaban J connectivity index is 3.25. The third-order valence-corrected chi connectivity index (χ3v) is 2.17. The molecule has 4 nitrogen and oxygen atoms in total. The lowest BCUT2D eigenvalue weighted by Crippen LogP contribution is -2.02. The van der Waals surface area contributed by atoms with Crippen LogP contribution in [0.15, 0.2) is 17.4 Å². The van der Waals surface area contributed by atoms with Crippen LogP contribution in [0.4, 0.5) is 5.82 Å². The maximum atomic E-state index is 4.27. The van der Waals surface area contributed by atoms with Gasteiger partial charge in [0.2, 0.25) is 0 Å². The second kappa shape index (κ2) is 5.24. The zero-order valence-electron chi connectivity index (χ0n) is 9.57. The number of nitrogens with zero attached hydrogens (tertiary/aromatic N) is 3. The first-order valence-electron chi connectivity index (χ1n) is 4.82. The minimum absolute atomic E-state index is 0.851. The summed E-state index contributed by atoms with van der Waals surface area (Å²) in [6.45, 7) is 3.96. The van der Waals surface area contributed by atoms with E-state index in [1.807, 2.05) is 27.0 Å². The minimum atomic E-state index is 0.851. The van der Waals surface area contributed by atoms with Crippen LogP contribution in [0, 0.1) is 6.92 Å². The van der Waals surface area contributed by atoms with Crippen molar-refractivity contribution in [1.29, 1.82) is 0 Å². The summed E-state index contributed by atoms with van der Waals surface area (Å²) in [5.74, 6) is 0.851. The Morgan fingerprint density at radius 2 is 2.20 bits per heavy atom. The molecule has 1 aromatic heterocycles. The van der Waals surface area contributed by atoms with E-state index in [4.69, 9.17) is 0 Å². The Bertz CT molecular complexity index is 394. The fourth-order valence-corrected chi connectivity index (χ4v) is 1.40. The summed E-state index contributed by atoms with van der Waals surface area (Å²) in [6.07, 6.45) is 5.34. The number of rotatable bonds is 3. The van der Waals surface area contributed by atoms with Crippen LogP contribution in [0.2, 0.25) is 0 Å². The van der Waals surface area contributed by atoms with Crippen LogP contribution >= 0.6 is 0 Å². The molecule has 1 heterocycles. The molecule has 0 spiro atoms. The Morgan fingerprint density at radius 1 is 1.47 bits per heavy atom. The van der Waals surface area contributed by atoms with E-state index in [1.165, 1.54) is 0 Å². The van der Waals surface area contributed by atoms with Gasteiger partial charge in [-0.25, -0.2) is 9.97 Å². The summed E-state index contributed by atoms with van der Waals surface area (Å²) in [4.78, 5) is 12.4. The van der Waals surface area contributed by atoms with Crippen LogP contribution in [0.5, 0.6) is 0 Å². The molecule has 0 aromatic carbocycles. The molecule has 1 N–H and O–H groups in total. The van der Waals surface area contributed by atoms with Gasteiger partial charge in [-0.05, 0) is 13.8 Å². The first kappa shape index (κ1) is 11.4. The summed E-state index contributed by atoms with van der Waals surface area (Å²) in [5, 5.41) is 3.03. The highest BCUT2D eigenvalue weighted by molar-refractivity contribution is 6.09. The van der Waals surface area contributed by atoms with Crippen LogP contribution in [-0.2, 0) is 0 Å². The number of nitrogens with one attached hydrogen (secondary N) is 1. The van der Waals surface area contributed by atoms with Crippen molar-refractivity contribution < 1.29 is 0 Å². The normalized spacial score (nSPS) is 12.1. The predicted octanol–water partition coefficient (Wildman–Crippen LogP) is 1.93. The molecule has 0 bridgehead atoms. The third-order valence-electron chi connectivity index (χ3n) is 2.17. The van der Waals surface area contributed by atoms with Crippen molar-refractivity contribution in [2.75, 3.05) is 19.4 Å². The first-order chi connectivity index (χ1) is 7.24. The fraction of sp³-hybridized carbons (Fsp3) is 0.364. The Labute approximate surface area is 90.2 Å². The zero-order valence-corrected chi connectivity index (χ0v) is 9.57. The van der Waals surface area contributed by atoms with E-state index < -0.39 is 0 Å². The van der Waals surface area contributed by atoms with Crippen molar-refractivity contribution in [2.24, 2.45) is 4.99 Å². The van der Waals surface area contributed by atoms with Crippen LogP contribution < -0.4 is 5.32 Å². The quantitative estimate of drug-likeness (QED) is 0.765. The lowest BCUT2D eigenvalue weighted by Gasteiger charge is -2.08. The average molecular weight is 204 g/mol. The second-order valence-corrected chi connectivity index (χ2v) is 3.08. The van der Waals surface area contributed by atoms with Crippen molar-refractivity contribution in [2.45, 2.75) is 13.8 Å². The Morgan fingerprint density at radius 3 is 2.73 bits per heavy atom. The molecule has 0 radical (unpaired) electrons. The zero-order chi connectivity index (χ0) is 11.3. The third kappa shape index (κ3) is 2.40. The van der Waals surface area contributed by atoms with Crippen molar-refractivity contribution in [3.05, 3.63) is 23.7 Å². The van der Waals surface area contributed by atoms with Crippen LogP contribution in [0.3, 0.4) is 0 Å². The van der Waals surface area contributed by atoms with Gasteiger partial charge in [0.15, 0.2) is 0 Å². The minimum Gasteiger partial charge on any atom is -0.373 e. The number of hydrogen-bond acceptors (Lipinski definition) is 4. The molecular weight excluding hydrogens is 188 g/mol. The van der Waals surface area contributed by atoms with Crippen molar-refractivity contribution >= 4 is 17.6 Å². The summed E-state index contributed by atoms with van der Waals surface area (Å²) in [7, 11) is 3.60. The maximum Gasteiger partial charge on any atom is 0.132 e. The molecule has 0 amide bonds. The Hall–Kier alpha value is -1.71. The van der Waals surface area contributed by atoms with E-state index in [1.54, 1.807) is 19.6 Å². The highest BCUT2D eigenvalue weighted by Gasteiger charge is 2.07. The molecule has 1 rings (SSSR count). The van der Waals surface area contributed by atoms with Crippen LogP contribution in [-0.4, -0.2) is 30.3 Å². The summed E-state index contributed by atoms with van der Waals surface area (Å²) in [5.41, 5.74) is 2.96. The van der Waals surface area contributed by atoms with E-state index in [0.717, 1.165) is 22.6 Å². The van der Waals surface area contributed by atoms with Gasteiger partial charge in [0, 0.05) is 31.4 Å². The van der Waals surface area contributed by atoms with Crippen molar-refractivity contribution in [3.63, 3.8) is 0 Å². The number of aromatic nitrogens is 2. The molecule has 0 fully saturated rings. The SMILES string of the molecule is CC=C(C=NC)c1ncnc(NC)c1C. The van der Waals surface area contributed by atoms with Crippen molar-refractivity contribution in [1.82, 2.24) is 9.97 Å². The molecule has 0 aliphatic carbocycles. The lowest BCUT2D eigenvalue weighted by atomic mass is 10.1. The molecule has 80 valence electrons. The van der Waals surface area contributed by atoms with Gasteiger partial charge in [0.05, 0.1) is 5.69 Å². The average Bonchev–Trinajstić information content (AvgIpc) is 2.27. The molecule has 15 heavy (non-hydrogen) atoms. The van der Waals surface area contributed by atoms with Crippen molar-refractivity contribution in [3.8, 4) is 0 Å². The van der Waals surface area contributed by atoms with E-state index >= 15 is 0 Å². The molecule has 4 heteroatoms. The molecule has 0 saturated carbocycles. The molecule has 0 aliphatic rings. The molecule has 0 unspecified atom stereocenters. The van der Waals surface area contributed by atoms with Crippen LogP contribution in [0.1, 0.15) is 18.2 Å². The molecule has 0 saturated heterocycles. The highest BCUT2D eigenvalue weighted by atomic mass is 15.0. The summed E-state index contributed by atoms with van der Waals surface area (Å²) >= 11 is 0. The largest absolute Gasteiger partial charge is 0.373 e. The lowest BCUT2D eigenvalue weighted by molar-refractivity contribution is 1.10. The van der Waals surface area contributed by atoms with E-state index in [0.29, 0.717) is 0 Å². The van der Waals surface area contributed by atoms with Crippen LogP contribution in [0.25, 0.3) is 5.57 Å². The second-order valence-electron chi connectivity index (χ2n) is 3.08. The summed E-state index contributed by atoms with van der Waals surface area (Å²) in [6, 6.07) is 0. The molecule has 0 aliphatic heterocycles. The van der Waals surface area contributed by atoms with Gasteiger partial charge in [0.1, 0.15) is 12.1 Å². The fourth-order valence-electron chi connectivity index (χ4n) is 1.40. The topological polar surface area (TPSA) is 50.2 Å².